The fourth-order valence-electron chi connectivity index (χ4n) is 1.49. The van der Waals surface area contributed by atoms with E-state index in [1.165, 1.54) is 12.1 Å². The van der Waals surface area contributed by atoms with Crippen LogP contribution in [0.3, 0.4) is 0 Å². The Kier molecular flexibility index (Phi) is 1.64. The third-order valence-corrected chi connectivity index (χ3v) is 2.17. The molecular weight excluding hydrogens is 180 g/mol. The summed E-state index contributed by atoms with van der Waals surface area (Å²) in [5.41, 5.74) is 11.8. The summed E-state index contributed by atoms with van der Waals surface area (Å²) < 4.78 is 0. The minimum Gasteiger partial charge on any atom is -0.507 e. The number of hydrogen-bond donors (Lipinski definition) is 4. The molecule has 0 heterocycles. The van der Waals surface area contributed by atoms with Crippen LogP contribution in [0.4, 0.5) is 11.4 Å². The highest BCUT2D eigenvalue weighted by molar-refractivity contribution is 6.04. The summed E-state index contributed by atoms with van der Waals surface area (Å²) in [7, 11) is 0. The van der Waals surface area contributed by atoms with Gasteiger partial charge < -0.3 is 21.7 Å². The largest absolute Gasteiger partial charge is 0.507 e. The smallest absolute Gasteiger partial charge is 0.150 e. The van der Waals surface area contributed by atoms with Crippen molar-refractivity contribution in [2.75, 3.05) is 11.5 Å². The van der Waals surface area contributed by atoms with E-state index in [1.54, 1.807) is 12.1 Å². The minimum atomic E-state index is -0.132. The first-order valence-electron chi connectivity index (χ1n) is 4.10. The van der Waals surface area contributed by atoms with Gasteiger partial charge in [0.2, 0.25) is 0 Å². The first-order valence-corrected chi connectivity index (χ1v) is 4.10. The van der Waals surface area contributed by atoms with Gasteiger partial charge in [-0.1, -0.05) is 12.1 Å². The van der Waals surface area contributed by atoms with E-state index in [0.29, 0.717) is 16.5 Å². The van der Waals surface area contributed by atoms with Crippen LogP contribution in [0.25, 0.3) is 10.8 Å². The van der Waals surface area contributed by atoms with Crippen molar-refractivity contribution < 1.29 is 10.2 Å². The molecule has 2 rings (SSSR count). The van der Waals surface area contributed by atoms with Crippen molar-refractivity contribution in [1.82, 2.24) is 0 Å². The molecule has 4 heteroatoms. The lowest BCUT2D eigenvalue weighted by atomic mass is 10.1. The van der Waals surface area contributed by atoms with Crippen molar-refractivity contribution in [3.05, 3.63) is 24.3 Å². The molecule has 0 amide bonds. The van der Waals surface area contributed by atoms with E-state index >= 15 is 0 Å². The van der Waals surface area contributed by atoms with E-state index in [1.807, 2.05) is 0 Å². The third kappa shape index (κ3) is 1.01. The Morgan fingerprint density at radius 3 is 2.43 bits per heavy atom. The predicted octanol–water partition coefficient (Wildman–Crippen LogP) is 1.42. The number of anilines is 2. The van der Waals surface area contributed by atoms with Gasteiger partial charge in [0.05, 0.1) is 11.1 Å². The van der Waals surface area contributed by atoms with Crippen LogP contribution in [-0.4, -0.2) is 10.2 Å². The normalized spacial score (nSPS) is 10.6. The van der Waals surface area contributed by atoms with Crippen LogP contribution >= 0.6 is 0 Å². The van der Waals surface area contributed by atoms with Gasteiger partial charge in [-0.2, -0.15) is 0 Å². The molecule has 0 unspecified atom stereocenters. The second kappa shape index (κ2) is 2.70. The molecule has 72 valence electrons. The van der Waals surface area contributed by atoms with Crippen molar-refractivity contribution in [1.29, 1.82) is 0 Å². The Balaban J connectivity index is 3.03. The van der Waals surface area contributed by atoms with Crippen LogP contribution in [0, 0.1) is 0 Å². The molecule has 4 nitrogen and oxygen atoms in total. The fourth-order valence-corrected chi connectivity index (χ4v) is 1.49. The summed E-state index contributed by atoms with van der Waals surface area (Å²) in [6, 6.07) is 6.31. The SMILES string of the molecule is Nc1cc(N)c2cccc(O)c2c1O. The Morgan fingerprint density at radius 2 is 1.71 bits per heavy atom. The molecular formula is C10H10N2O2. The monoisotopic (exact) mass is 190 g/mol. The highest BCUT2D eigenvalue weighted by Crippen LogP contribution is 2.39. The summed E-state index contributed by atoms with van der Waals surface area (Å²) in [5.74, 6) is -0.161. The van der Waals surface area contributed by atoms with Gasteiger partial charge in [-0.15, -0.1) is 0 Å². The van der Waals surface area contributed by atoms with Gasteiger partial charge in [0.25, 0.3) is 0 Å². The second-order valence-corrected chi connectivity index (χ2v) is 3.10. The van der Waals surface area contributed by atoms with Crippen LogP contribution < -0.4 is 11.5 Å². The maximum Gasteiger partial charge on any atom is 0.150 e. The number of nitrogens with two attached hydrogens (primary N) is 2. The van der Waals surface area contributed by atoms with Gasteiger partial charge >= 0.3 is 0 Å². The zero-order valence-electron chi connectivity index (χ0n) is 7.36. The highest BCUT2D eigenvalue weighted by atomic mass is 16.3. The van der Waals surface area contributed by atoms with Crippen molar-refractivity contribution in [3.8, 4) is 11.5 Å². The van der Waals surface area contributed by atoms with E-state index in [-0.39, 0.29) is 17.2 Å². The summed E-state index contributed by atoms with van der Waals surface area (Å²) in [4.78, 5) is 0. The van der Waals surface area contributed by atoms with Crippen LogP contribution in [0.2, 0.25) is 0 Å². The van der Waals surface area contributed by atoms with E-state index in [9.17, 15) is 10.2 Å². The molecule has 0 aliphatic rings. The van der Waals surface area contributed by atoms with E-state index in [0.717, 1.165) is 0 Å². The van der Waals surface area contributed by atoms with Gasteiger partial charge in [-0.05, 0) is 12.1 Å². The molecule has 0 fully saturated rings. The summed E-state index contributed by atoms with van der Waals surface area (Å²) in [6.07, 6.45) is 0. The quantitative estimate of drug-likeness (QED) is 0.287. The maximum atomic E-state index is 9.62. The third-order valence-electron chi connectivity index (χ3n) is 2.17. The molecule has 0 spiro atoms. The molecule has 0 aromatic heterocycles. The molecule has 14 heavy (non-hydrogen) atoms. The number of rotatable bonds is 0. The van der Waals surface area contributed by atoms with Crippen LogP contribution in [0.15, 0.2) is 24.3 Å². The zero-order chi connectivity index (χ0) is 10.3. The molecule has 2 aromatic rings. The molecule has 0 saturated heterocycles. The van der Waals surface area contributed by atoms with Crippen molar-refractivity contribution in [3.63, 3.8) is 0 Å². The molecule has 6 N–H and O–H groups in total. The number of fused-ring (bicyclic) bond motifs is 1. The lowest BCUT2D eigenvalue weighted by Crippen LogP contribution is -1.92. The Labute approximate surface area is 80.4 Å². The number of benzene rings is 2. The maximum absolute atomic E-state index is 9.62. The van der Waals surface area contributed by atoms with Crippen molar-refractivity contribution in [2.24, 2.45) is 0 Å². The second-order valence-electron chi connectivity index (χ2n) is 3.10. The van der Waals surface area contributed by atoms with E-state index < -0.39 is 0 Å². The standard InChI is InChI=1S/C10H10N2O2/c11-6-4-7(12)10(14)9-5(6)2-1-3-8(9)13/h1-4,13-14H,11-12H2. The Morgan fingerprint density at radius 1 is 1.00 bits per heavy atom. The van der Waals surface area contributed by atoms with Gasteiger partial charge in [0, 0.05) is 11.1 Å². The molecule has 0 radical (unpaired) electrons. The number of phenolic OH excluding ortho intramolecular Hbond substituents is 2. The molecule has 2 aromatic carbocycles. The van der Waals surface area contributed by atoms with Crippen LogP contribution in [-0.2, 0) is 0 Å². The number of nitrogen functional groups attached to an aromatic ring is 2. The first kappa shape index (κ1) is 8.50. The number of phenols is 2. The van der Waals surface area contributed by atoms with Crippen molar-refractivity contribution >= 4 is 22.1 Å². The molecule has 0 atom stereocenters. The molecule has 0 bridgehead atoms. The van der Waals surface area contributed by atoms with Gasteiger partial charge in [-0.3, -0.25) is 0 Å². The Hall–Kier alpha value is -2.10. The van der Waals surface area contributed by atoms with E-state index in [2.05, 4.69) is 0 Å². The summed E-state index contributed by atoms with van der Waals surface area (Å²) in [6.45, 7) is 0. The van der Waals surface area contributed by atoms with Crippen LogP contribution in [0.1, 0.15) is 0 Å². The molecule has 0 saturated carbocycles. The highest BCUT2D eigenvalue weighted by Gasteiger charge is 2.10. The topological polar surface area (TPSA) is 92.5 Å². The van der Waals surface area contributed by atoms with E-state index in [4.69, 9.17) is 11.5 Å². The van der Waals surface area contributed by atoms with Gasteiger partial charge in [0.1, 0.15) is 11.5 Å². The first-order chi connectivity index (χ1) is 6.61. The minimum absolute atomic E-state index is 0.0287. The molecule has 0 aliphatic carbocycles. The lowest BCUT2D eigenvalue weighted by Gasteiger charge is -2.08. The Bertz CT molecular complexity index is 509. The van der Waals surface area contributed by atoms with Gasteiger partial charge in [-0.25, -0.2) is 0 Å². The fraction of sp³-hybridized carbons (Fsp3) is 0. The average molecular weight is 190 g/mol. The number of hydrogen-bond acceptors (Lipinski definition) is 4. The summed E-state index contributed by atoms with van der Waals surface area (Å²) >= 11 is 0. The summed E-state index contributed by atoms with van der Waals surface area (Å²) in [5, 5.41) is 20.0. The molecule has 0 aliphatic heterocycles. The van der Waals surface area contributed by atoms with Gasteiger partial charge in [0.15, 0.2) is 0 Å². The number of aromatic hydroxyl groups is 2. The lowest BCUT2D eigenvalue weighted by molar-refractivity contribution is 0.465. The van der Waals surface area contributed by atoms with Crippen LogP contribution in [0.5, 0.6) is 11.5 Å². The average Bonchev–Trinajstić information content (AvgIpc) is 2.14. The predicted molar refractivity (Wildman–Crippen MR) is 56.1 cm³/mol. The van der Waals surface area contributed by atoms with Crippen molar-refractivity contribution in [2.45, 2.75) is 0 Å². The zero-order valence-corrected chi connectivity index (χ0v) is 7.36.